The summed E-state index contributed by atoms with van der Waals surface area (Å²) < 4.78 is 34.0. The summed E-state index contributed by atoms with van der Waals surface area (Å²) in [7, 11) is 2.86. The van der Waals surface area contributed by atoms with E-state index in [1.54, 1.807) is 12.1 Å². The molecule has 0 amide bonds. The number of hydrogen-bond donors (Lipinski definition) is 0. The Kier molecular flexibility index (Phi) is 3.45. The Morgan fingerprint density at radius 1 is 1.21 bits per heavy atom. The lowest BCUT2D eigenvalue weighted by molar-refractivity contribution is 0.354. The molecular weight excluding hydrogens is 190 g/mol. The second-order valence-electron chi connectivity index (χ2n) is 2.52. The molecule has 0 heterocycles. The monoisotopic (exact) mass is 200 g/mol. The molecular formula is C10H10F2O2. The Balaban J connectivity index is 3.22. The van der Waals surface area contributed by atoms with Crippen molar-refractivity contribution in [3.8, 4) is 11.5 Å². The van der Waals surface area contributed by atoms with E-state index in [1.807, 2.05) is 0 Å². The van der Waals surface area contributed by atoms with E-state index < -0.39 is 6.08 Å². The molecule has 0 aliphatic heterocycles. The lowest BCUT2D eigenvalue weighted by atomic mass is 10.2. The highest BCUT2D eigenvalue weighted by Crippen LogP contribution is 2.32. The van der Waals surface area contributed by atoms with E-state index in [0.717, 1.165) is 6.08 Å². The minimum Gasteiger partial charge on any atom is -0.493 e. The van der Waals surface area contributed by atoms with E-state index >= 15 is 0 Å². The Bertz CT molecular complexity index is 344. The Hall–Kier alpha value is -1.58. The average Bonchev–Trinajstić information content (AvgIpc) is 2.16. The number of para-hydroxylation sites is 1. The summed E-state index contributed by atoms with van der Waals surface area (Å²) in [6.45, 7) is 0. The standard InChI is InChI=1S/C10H10F2O2/c1-13-8-5-3-4-7(6-9(11)12)10(8)14-2/h3-6H,1-2H3. The van der Waals surface area contributed by atoms with Crippen molar-refractivity contribution in [1.82, 2.24) is 0 Å². The molecule has 0 unspecified atom stereocenters. The largest absolute Gasteiger partial charge is 0.493 e. The van der Waals surface area contributed by atoms with Gasteiger partial charge < -0.3 is 9.47 Å². The highest BCUT2D eigenvalue weighted by atomic mass is 19.3. The van der Waals surface area contributed by atoms with Crippen molar-refractivity contribution in [1.29, 1.82) is 0 Å². The molecule has 0 fully saturated rings. The van der Waals surface area contributed by atoms with Crippen LogP contribution in [0.1, 0.15) is 5.56 Å². The van der Waals surface area contributed by atoms with Crippen LogP contribution < -0.4 is 9.47 Å². The second-order valence-corrected chi connectivity index (χ2v) is 2.52. The number of methoxy groups -OCH3 is 2. The fourth-order valence-corrected chi connectivity index (χ4v) is 1.14. The summed E-state index contributed by atoms with van der Waals surface area (Å²) >= 11 is 0. The molecule has 0 saturated carbocycles. The summed E-state index contributed by atoms with van der Waals surface area (Å²) in [4.78, 5) is 0. The molecule has 0 bridgehead atoms. The predicted molar refractivity (Wildman–Crippen MR) is 49.7 cm³/mol. The molecule has 0 aromatic heterocycles. The number of hydrogen-bond acceptors (Lipinski definition) is 2. The lowest BCUT2D eigenvalue weighted by Gasteiger charge is -2.09. The summed E-state index contributed by atoms with van der Waals surface area (Å²) in [5.74, 6) is 0.741. The van der Waals surface area contributed by atoms with E-state index in [4.69, 9.17) is 9.47 Å². The van der Waals surface area contributed by atoms with Gasteiger partial charge in [-0.2, -0.15) is 8.78 Å². The Morgan fingerprint density at radius 3 is 2.43 bits per heavy atom. The van der Waals surface area contributed by atoms with Crippen molar-refractivity contribution in [2.75, 3.05) is 14.2 Å². The molecule has 4 heteroatoms. The van der Waals surface area contributed by atoms with Crippen LogP contribution in [0.3, 0.4) is 0 Å². The number of halogens is 2. The predicted octanol–water partition coefficient (Wildman–Crippen LogP) is 2.94. The third kappa shape index (κ3) is 2.22. The first-order valence-corrected chi connectivity index (χ1v) is 3.92. The molecule has 2 nitrogen and oxygen atoms in total. The molecule has 0 aliphatic carbocycles. The van der Waals surface area contributed by atoms with Crippen LogP contribution in [0.15, 0.2) is 24.3 Å². The molecule has 14 heavy (non-hydrogen) atoms. The highest BCUT2D eigenvalue weighted by Gasteiger charge is 2.07. The van der Waals surface area contributed by atoms with Gasteiger partial charge in [-0.25, -0.2) is 0 Å². The van der Waals surface area contributed by atoms with Gasteiger partial charge in [-0.3, -0.25) is 0 Å². The van der Waals surface area contributed by atoms with Gasteiger partial charge in [0.05, 0.1) is 14.2 Å². The first-order chi connectivity index (χ1) is 6.69. The molecule has 0 spiro atoms. The third-order valence-corrected chi connectivity index (χ3v) is 1.70. The van der Waals surface area contributed by atoms with Crippen LogP contribution in [0.25, 0.3) is 6.08 Å². The fraction of sp³-hybridized carbons (Fsp3) is 0.200. The normalized spacial score (nSPS) is 9.43. The topological polar surface area (TPSA) is 18.5 Å². The van der Waals surface area contributed by atoms with E-state index in [9.17, 15) is 8.78 Å². The van der Waals surface area contributed by atoms with Crippen molar-refractivity contribution in [3.05, 3.63) is 29.8 Å². The quantitative estimate of drug-likeness (QED) is 0.746. The minimum absolute atomic E-state index is 0.298. The van der Waals surface area contributed by atoms with E-state index in [2.05, 4.69) is 0 Å². The van der Waals surface area contributed by atoms with Gasteiger partial charge >= 0.3 is 0 Å². The van der Waals surface area contributed by atoms with Crippen LogP contribution >= 0.6 is 0 Å². The van der Waals surface area contributed by atoms with Crippen molar-refractivity contribution >= 4 is 6.08 Å². The average molecular weight is 200 g/mol. The van der Waals surface area contributed by atoms with Crippen LogP contribution in [0.4, 0.5) is 8.78 Å². The maximum Gasteiger partial charge on any atom is 0.271 e. The molecule has 1 aromatic carbocycles. The lowest BCUT2D eigenvalue weighted by Crippen LogP contribution is -1.92. The third-order valence-electron chi connectivity index (χ3n) is 1.70. The molecule has 0 saturated heterocycles. The Labute approximate surface area is 80.8 Å². The molecule has 0 atom stereocenters. The summed E-state index contributed by atoms with van der Waals surface area (Å²) in [5, 5.41) is 0. The van der Waals surface area contributed by atoms with Gasteiger partial charge in [0.25, 0.3) is 6.08 Å². The zero-order chi connectivity index (χ0) is 10.6. The maximum atomic E-state index is 12.0. The second kappa shape index (κ2) is 4.60. The number of benzene rings is 1. The summed E-state index contributed by atoms with van der Waals surface area (Å²) in [6, 6.07) is 4.79. The van der Waals surface area contributed by atoms with Crippen LogP contribution in [0, 0.1) is 0 Å². The van der Waals surface area contributed by atoms with Crippen molar-refractivity contribution in [2.45, 2.75) is 0 Å². The van der Waals surface area contributed by atoms with Gasteiger partial charge in [0.2, 0.25) is 0 Å². The van der Waals surface area contributed by atoms with E-state index in [-0.39, 0.29) is 0 Å². The first-order valence-electron chi connectivity index (χ1n) is 3.92. The molecule has 76 valence electrons. The van der Waals surface area contributed by atoms with E-state index in [0.29, 0.717) is 17.1 Å². The molecule has 0 radical (unpaired) electrons. The molecule has 1 aromatic rings. The Morgan fingerprint density at radius 2 is 1.93 bits per heavy atom. The first kappa shape index (κ1) is 10.5. The smallest absolute Gasteiger partial charge is 0.271 e. The van der Waals surface area contributed by atoms with E-state index in [1.165, 1.54) is 20.3 Å². The fourth-order valence-electron chi connectivity index (χ4n) is 1.14. The van der Waals surface area contributed by atoms with Crippen LogP contribution in [0.2, 0.25) is 0 Å². The molecule has 0 aliphatic rings. The van der Waals surface area contributed by atoms with Gasteiger partial charge in [-0.05, 0) is 6.07 Å². The van der Waals surface area contributed by atoms with Gasteiger partial charge in [-0.15, -0.1) is 0 Å². The zero-order valence-electron chi connectivity index (χ0n) is 7.88. The molecule has 1 rings (SSSR count). The minimum atomic E-state index is -1.77. The van der Waals surface area contributed by atoms with Crippen molar-refractivity contribution in [3.63, 3.8) is 0 Å². The van der Waals surface area contributed by atoms with Gasteiger partial charge in [-0.1, -0.05) is 12.1 Å². The number of rotatable bonds is 3. The van der Waals surface area contributed by atoms with Gasteiger partial charge in [0, 0.05) is 11.6 Å². The van der Waals surface area contributed by atoms with Crippen molar-refractivity contribution in [2.24, 2.45) is 0 Å². The number of ether oxygens (including phenoxy) is 2. The highest BCUT2D eigenvalue weighted by molar-refractivity contribution is 5.62. The summed E-state index contributed by atoms with van der Waals surface area (Å²) in [6.07, 6.45) is -1.03. The SMILES string of the molecule is COc1cccc(C=C(F)F)c1OC. The van der Waals surface area contributed by atoms with Crippen LogP contribution in [0.5, 0.6) is 11.5 Å². The van der Waals surface area contributed by atoms with Gasteiger partial charge in [0.15, 0.2) is 11.5 Å². The molecule has 0 N–H and O–H groups in total. The van der Waals surface area contributed by atoms with Crippen LogP contribution in [-0.4, -0.2) is 14.2 Å². The van der Waals surface area contributed by atoms with Gasteiger partial charge in [0.1, 0.15) is 0 Å². The zero-order valence-corrected chi connectivity index (χ0v) is 7.88. The van der Waals surface area contributed by atoms with Crippen LogP contribution in [-0.2, 0) is 0 Å². The maximum absolute atomic E-state index is 12.0. The summed E-state index contributed by atoms with van der Waals surface area (Å²) in [5.41, 5.74) is 0.298. The van der Waals surface area contributed by atoms with Crippen molar-refractivity contribution < 1.29 is 18.3 Å².